The second-order valence-corrected chi connectivity index (χ2v) is 7.38. The summed E-state index contributed by atoms with van der Waals surface area (Å²) in [6.07, 6.45) is 3.54. The zero-order valence-electron chi connectivity index (χ0n) is 13.5. The number of benzene rings is 1. The fraction of sp³-hybridized carbons (Fsp3) is 0.444. The zero-order chi connectivity index (χ0) is 16.6. The maximum absolute atomic E-state index is 10.1. The summed E-state index contributed by atoms with van der Waals surface area (Å²) in [6.45, 7) is 4.66. The van der Waals surface area contributed by atoms with E-state index in [1.165, 1.54) is 5.56 Å². The molecule has 24 heavy (non-hydrogen) atoms. The molecule has 126 valence electrons. The predicted octanol–water partition coefficient (Wildman–Crippen LogP) is 2.06. The van der Waals surface area contributed by atoms with Gasteiger partial charge in [-0.3, -0.25) is 4.90 Å². The molecule has 1 aromatic carbocycles. The lowest BCUT2D eigenvalue weighted by atomic mass is 9.82. The van der Waals surface area contributed by atoms with Crippen LogP contribution in [0.25, 0.3) is 0 Å². The molecule has 4 rings (SSSR count). The molecule has 6 heteroatoms. The number of nitrogens with zero attached hydrogens (tertiary/aromatic N) is 4. The number of aromatic nitrogens is 2. The summed E-state index contributed by atoms with van der Waals surface area (Å²) in [5.74, 6) is 1.20. The Bertz CT molecular complexity index is 713. The zero-order valence-corrected chi connectivity index (χ0v) is 14.2. The molecule has 1 N–H and O–H groups in total. The molecule has 3 heterocycles. The predicted molar refractivity (Wildman–Crippen MR) is 94.0 cm³/mol. The van der Waals surface area contributed by atoms with Crippen molar-refractivity contribution in [2.45, 2.75) is 6.54 Å². The summed E-state index contributed by atoms with van der Waals surface area (Å²) in [6, 6.07) is 9.84. The second-order valence-electron chi connectivity index (χ2n) is 6.95. The first-order valence-electron chi connectivity index (χ1n) is 8.28. The lowest BCUT2D eigenvalue weighted by molar-refractivity contribution is 0.125. The van der Waals surface area contributed by atoms with Crippen LogP contribution in [0.1, 0.15) is 5.56 Å². The fourth-order valence-corrected chi connectivity index (χ4v) is 4.35. The summed E-state index contributed by atoms with van der Waals surface area (Å²) in [4.78, 5) is 13.3. The maximum atomic E-state index is 10.1. The van der Waals surface area contributed by atoms with Gasteiger partial charge in [-0.15, -0.1) is 0 Å². The van der Waals surface area contributed by atoms with Gasteiger partial charge in [-0.05, 0) is 29.7 Å². The van der Waals surface area contributed by atoms with E-state index in [0.717, 1.165) is 43.7 Å². The van der Waals surface area contributed by atoms with E-state index in [9.17, 15) is 5.11 Å². The average molecular weight is 345 g/mol. The molecule has 2 aliphatic rings. The first-order valence-corrected chi connectivity index (χ1v) is 8.66. The molecular formula is C18H21ClN4O. The van der Waals surface area contributed by atoms with Crippen molar-refractivity contribution in [3.05, 3.63) is 53.3 Å². The highest BCUT2D eigenvalue weighted by Crippen LogP contribution is 2.43. The monoisotopic (exact) mass is 344 g/mol. The molecule has 0 amide bonds. The van der Waals surface area contributed by atoms with Gasteiger partial charge in [0.1, 0.15) is 0 Å². The Labute approximate surface area is 146 Å². The van der Waals surface area contributed by atoms with Crippen LogP contribution >= 0.6 is 11.6 Å². The van der Waals surface area contributed by atoms with Crippen LogP contribution in [0.4, 0.5) is 5.95 Å². The normalized spacial score (nSPS) is 26.8. The lowest BCUT2D eigenvalue weighted by Crippen LogP contribution is -2.37. The Morgan fingerprint density at radius 3 is 2.71 bits per heavy atom. The van der Waals surface area contributed by atoms with Crippen molar-refractivity contribution >= 4 is 17.5 Å². The number of fused-ring (bicyclic) bond motifs is 1. The smallest absolute Gasteiger partial charge is 0.225 e. The number of anilines is 1. The van der Waals surface area contributed by atoms with Crippen LogP contribution in [0.2, 0.25) is 5.02 Å². The minimum absolute atomic E-state index is 0.0855. The van der Waals surface area contributed by atoms with Crippen molar-refractivity contribution in [2.75, 3.05) is 37.7 Å². The van der Waals surface area contributed by atoms with E-state index in [0.29, 0.717) is 5.92 Å². The summed E-state index contributed by atoms with van der Waals surface area (Å²) in [7, 11) is 0. The molecule has 2 aromatic rings. The van der Waals surface area contributed by atoms with Crippen LogP contribution in [0.5, 0.6) is 0 Å². The van der Waals surface area contributed by atoms with Crippen molar-refractivity contribution in [2.24, 2.45) is 11.3 Å². The number of rotatable bonds is 4. The van der Waals surface area contributed by atoms with Crippen molar-refractivity contribution in [3.63, 3.8) is 0 Å². The summed E-state index contributed by atoms with van der Waals surface area (Å²) >= 11 is 6.09. The number of hydrogen-bond acceptors (Lipinski definition) is 5. The van der Waals surface area contributed by atoms with Gasteiger partial charge in [0.05, 0.1) is 6.61 Å². The topological polar surface area (TPSA) is 52.5 Å². The maximum Gasteiger partial charge on any atom is 0.225 e. The number of hydrogen-bond donors (Lipinski definition) is 1. The van der Waals surface area contributed by atoms with Gasteiger partial charge < -0.3 is 10.0 Å². The highest BCUT2D eigenvalue weighted by Gasteiger charge is 2.52. The molecule has 0 saturated carbocycles. The molecule has 5 nitrogen and oxygen atoms in total. The quantitative estimate of drug-likeness (QED) is 0.920. The van der Waals surface area contributed by atoms with Gasteiger partial charge in [-0.1, -0.05) is 23.7 Å². The van der Waals surface area contributed by atoms with Crippen LogP contribution in [-0.2, 0) is 6.54 Å². The Morgan fingerprint density at radius 2 is 2.00 bits per heavy atom. The highest BCUT2D eigenvalue weighted by atomic mass is 35.5. The number of aliphatic hydroxyl groups is 1. The first kappa shape index (κ1) is 15.8. The summed E-state index contributed by atoms with van der Waals surface area (Å²) in [5, 5.41) is 10.9. The van der Waals surface area contributed by atoms with Gasteiger partial charge in [0.2, 0.25) is 5.95 Å². The van der Waals surface area contributed by atoms with Crippen LogP contribution in [0, 0.1) is 11.3 Å². The van der Waals surface area contributed by atoms with Gasteiger partial charge in [-0.2, -0.15) is 0 Å². The average Bonchev–Trinajstić information content (AvgIpc) is 3.10. The minimum atomic E-state index is -0.0855. The van der Waals surface area contributed by atoms with Gasteiger partial charge in [0.25, 0.3) is 0 Å². The third-order valence-electron chi connectivity index (χ3n) is 5.27. The van der Waals surface area contributed by atoms with Crippen molar-refractivity contribution in [1.29, 1.82) is 0 Å². The molecule has 2 aliphatic heterocycles. The minimum Gasteiger partial charge on any atom is -0.396 e. The van der Waals surface area contributed by atoms with E-state index < -0.39 is 0 Å². The molecule has 0 bridgehead atoms. The molecule has 2 atom stereocenters. The van der Waals surface area contributed by atoms with E-state index in [-0.39, 0.29) is 12.0 Å². The van der Waals surface area contributed by atoms with Crippen molar-refractivity contribution < 1.29 is 5.11 Å². The Kier molecular flexibility index (Phi) is 4.16. The third-order valence-corrected chi connectivity index (χ3v) is 5.51. The second kappa shape index (κ2) is 6.31. The molecule has 2 saturated heterocycles. The largest absolute Gasteiger partial charge is 0.396 e. The molecule has 0 radical (unpaired) electrons. The Balaban J connectivity index is 1.47. The number of halogens is 1. The van der Waals surface area contributed by atoms with E-state index >= 15 is 0 Å². The molecule has 2 fully saturated rings. The Hall–Kier alpha value is -1.69. The Morgan fingerprint density at radius 1 is 1.17 bits per heavy atom. The fourth-order valence-electron chi connectivity index (χ4n) is 4.14. The van der Waals surface area contributed by atoms with Gasteiger partial charge in [0.15, 0.2) is 0 Å². The highest BCUT2D eigenvalue weighted by molar-refractivity contribution is 6.30. The summed E-state index contributed by atoms with van der Waals surface area (Å²) < 4.78 is 0. The standard InChI is InChI=1S/C18H21ClN4O/c19-16-4-1-3-14(7-16)8-22-9-15-10-23(12-18(15,11-22)13-24)17-20-5-2-6-21-17/h1-7,15,24H,8-13H2. The number of likely N-dealkylation sites (tertiary alicyclic amines) is 1. The van der Waals surface area contributed by atoms with Crippen LogP contribution in [-0.4, -0.2) is 52.8 Å². The molecular weight excluding hydrogens is 324 g/mol. The van der Waals surface area contributed by atoms with Crippen LogP contribution < -0.4 is 4.90 Å². The third kappa shape index (κ3) is 2.88. The lowest BCUT2D eigenvalue weighted by Gasteiger charge is -2.27. The summed E-state index contributed by atoms with van der Waals surface area (Å²) in [5.41, 5.74) is 1.14. The van der Waals surface area contributed by atoms with Gasteiger partial charge in [-0.25, -0.2) is 9.97 Å². The van der Waals surface area contributed by atoms with Gasteiger partial charge >= 0.3 is 0 Å². The number of aliphatic hydroxyl groups excluding tert-OH is 1. The molecule has 0 aliphatic carbocycles. The first-order chi connectivity index (χ1) is 11.7. The van der Waals surface area contributed by atoms with Crippen LogP contribution in [0.15, 0.2) is 42.7 Å². The SMILES string of the molecule is OCC12CN(Cc3cccc(Cl)c3)CC1CN(c1ncccn1)C2. The van der Waals surface area contributed by atoms with E-state index in [1.54, 1.807) is 12.4 Å². The van der Waals surface area contributed by atoms with Gasteiger partial charge in [0, 0.05) is 55.6 Å². The van der Waals surface area contributed by atoms with Crippen molar-refractivity contribution in [3.8, 4) is 0 Å². The van der Waals surface area contributed by atoms with E-state index in [2.05, 4.69) is 25.8 Å². The molecule has 2 unspecified atom stereocenters. The van der Waals surface area contributed by atoms with Crippen molar-refractivity contribution in [1.82, 2.24) is 14.9 Å². The van der Waals surface area contributed by atoms with E-state index in [4.69, 9.17) is 11.6 Å². The van der Waals surface area contributed by atoms with E-state index in [1.807, 2.05) is 24.3 Å². The molecule has 0 spiro atoms. The van der Waals surface area contributed by atoms with Crippen LogP contribution in [0.3, 0.4) is 0 Å². The molecule has 1 aromatic heterocycles.